The highest BCUT2D eigenvalue weighted by atomic mass is 16.2. The first-order chi connectivity index (χ1) is 12.2. The van der Waals surface area contributed by atoms with Crippen LogP contribution in [0.2, 0.25) is 0 Å². The van der Waals surface area contributed by atoms with E-state index in [4.69, 9.17) is 0 Å². The maximum Gasteiger partial charge on any atom is 0.315 e. The minimum Gasteiger partial charge on any atom is -0.338 e. The molecule has 2 fully saturated rings. The molecule has 6 nitrogen and oxygen atoms in total. The third kappa shape index (κ3) is 6.62. The summed E-state index contributed by atoms with van der Waals surface area (Å²) in [4.78, 5) is 27.3. The molecule has 2 rings (SSSR count). The first-order valence-electron chi connectivity index (χ1n) is 10.1. The number of urea groups is 1. The SMILES string of the molecule is CC1(C)CC(N=C=O)CC(C)(CNC(=O)NC2CC(C)(C)NC(C)(C)C2)C1. The van der Waals surface area contributed by atoms with E-state index in [9.17, 15) is 9.59 Å². The third-order valence-corrected chi connectivity index (χ3v) is 5.86. The van der Waals surface area contributed by atoms with Gasteiger partial charge in [0.1, 0.15) is 0 Å². The maximum absolute atomic E-state index is 12.6. The van der Waals surface area contributed by atoms with Crippen LogP contribution >= 0.6 is 0 Å². The van der Waals surface area contributed by atoms with Crippen molar-refractivity contribution in [1.82, 2.24) is 16.0 Å². The molecule has 27 heavy (non-hydrogen) atoms. The van der Waals surface area contributed by atoms with Crippen molar-refractivity contribution < 1.29 is 9.59 Å². The summed E-state index contributed by atoms with van der Waals surface area (Å²) in [6, 6.07) is 0.0416. The Morgan fingerprint density at radius 3 is 2.19 bits per heavy atom. The largest absolute Gasteiger partial charge is 0.338 e. The predicted octanol–water partition coefficient (Wildman–Crippen LogP) is 3.52. The van der Waals surface area contributed by atoms with Gasteiger partial charge in [0.2, 0.25) is 6.08 Å². The Morgan fingerprint density at radius 1 is 1.04 bits per heavy atom. The van der Waals surface area contributed by atoms with Crippen molar-refractivity contribution in [2.24, 2.45) is 15.8 Å². The summed E-state index contributed by atoms with van der Waals surface area (Å²) in [6.07, 6.45) is 6.23. The average Bonchev–Trinajstić information content (AvgIpc) is 2.40. The molecule has 0 radical (unpaired) electrons. The molecule has 1 aliphatic carbocycles. The van der Waals surface area contributed by atoms with Crippen molar-refractivity contribution >= 4 is 12.1 Å². The summed E-state index contributed by atoms with van der Waals surface area (Å²) < 4.78 is 0. The zero-order valence-corrected chi connectivity index (χ0v) is 18.2. The van der Waals surface area contributed by atoms with Crippen LogP contribution in [0.5, 0.6) is 0 Å². The van der Waals surface area contributed by atoms with Crippen molar-refractivity contribution in [2.75, 3.05) is 6.54 Å². The van der Waals surface area contributed by atoms with Gasteiger partial charge in [0.25, 0.3) is 0 Å². The molecule has 0 spiro atoms. The van der Waals surface area contributed by atoms with Crippen LogP contribution in [-0.4, -0.2) is 41.8 Å². The number of carbonyl (C=O) groups excluding carboxylic acids is 2. The molecule has 3 N–H and O–H groups in total. The predicted molar refractivity (Wildman–Crippen MR) is 108 cm³/mol. The normalized spacial score (nSPS) is 32.2. The van der Waals surface area contributed by atoms with Crippen LogP contribution in [0.3, 0.4) is 0 Å². The molecular formula is C21H38N4O2. The quantitative estimate of drug-likeness (QED) is 0.517. The van der Waals surface area contributed by atoms with Crippen LogP contribution in [0.4, 0.5) is 4.79 Å². The fourth-order valence-corrected chi connectivity index (χ4v) is 5.83. The Bertz CT molecular complexity index is 591. The van der Waals surface area contributed by atoms with Gasteiger partial charge in [-0.05, 0) is 70.6 Å². The van der Waals surface area contributed by atoms with E-state index in [2.05, 4.69) is 69.4 Å². The number of isocyanates is 1. The summed E-state index contributed by atoms with van der Waals surface area (Å²) >= 11 is 0. The number of hydrogen-bond donors (Lipinski definition) is 3. The molecule has 2 atom stereocenters. The van der Waals surface area contributed by atoms with E-state index in [0.717, 1.165) is 32.1 Å². The molecule has 1 saturated heterocycles. The van der Waals surface area contributed by atoms with Gasteiger partial charge in [-0.3, -0.25) is 0 Å². The van der Waals surface area contributed by atoms with Crippen LogP contribution in [0.25, 0.3) is 0 Å². The highest BCUT2D eigenvalue weighted by molar-refractivity contribution is 5.74. The second-order valence-electron chi connectivity index (χ2n) is 11.3. The van der Waals surface area contributed by atoms with Crippen molar-refractivity contribution in [1.29, 1.82) is 0 Å². The van der Waals surface area contributed by atoms with Gasteiger partial charge in [0.05, 0.1) is 6.04 Å². The first kappa shape index (κ1) is 21.9. The number of piperidine rings is 1. The number of carbonyl (C=O) groups is 1. The lowest BCUT2D eigenvalue weighted by molar-refractivity contribution is 0.0843. The Morgan fingerprint density at radius 2 is 1.63 bits per heavy atom. The van der Waals surface area contributed by atoms with Gasteiger partial charge in [0.15, 0.2) is 0 Å². The molecule has 1 saturated carbocycles. The van der Waals surface area contributed by atoms with Gasteiger partial charge >= 0.3 is 6.03 Å². The zero-order valence-electron chi connectivity index (χ0n) is 18.2. The van der Waals surface area contributed by atoms with Crippen LogP contribution in [0.1, 0.15) is 80.6 Å². The molecule has 0 bridgehead atoms. The molecule has 2 unspecified atom stereocenters. The lowest BCUT2D eigenvalue weighted by atomic mass is 9.63. The van der Waals surface area contributed by atoms with Gasteiger partial charge in [-0.15, -0.1) is 0 Å². The topological polar surface area (TPSA) is 82.6 Å². The fourth-order valence-electron chi connectivity index (χ4n) is 5.83. The van der Waals surface area contributed by atoms with E-state index >= 15 is 0 Å². The molecule has 0 aromatic rings. The number of hydrogen-bond acceptors (Lipinski definition) is 4. The van der Waals surface area contributed by atoms with E-state index in [1.54, 1.807) is 6.08 Å². The lowest BCUT2D eigenvalue weighted by Gasteiger charge is -2.47. The van der Waals surface area contributed by atoms with Crippen LogP contribution in [0.15, 0.2) is 4.99 Å². The molecule has 154 valence electrons. The van der Waals surface area contributed by atoms with Crippen LogP contribution in [-0.2, 0) is 4.79 Å². The van der Waals surface area contributed by atoms with Crippen molar-refractivity contribution in [3.05, 3.63) is 0 Å². The Balaban J connectivity index is 1.93. The van der Waals surface area contributed by atoms with E-state index in [0.29, 0.717) is 6.54 Å². The van der Waals surface area contributed by atoms with Crippen LogP contribution < -0.4 is 16.0 Å². The van der Waals surface area contributed by atoms with Gasteiger partial charge in [-0.25, -0.2) is 14.6 Å². The minimum absolute atomic E-state index is 0.000868. The smallest absolute Gasteiger partial charge is 0.315 e. The highest BCUT2D eigenvalue weighted by Crippen LogP contribution is 2.46. The van der Waals surface area contributed by atoms with Gasteiger partial charge < -0.3 is 16.0 Å². The lowest BCUT2D eigenvalue weighted by Crippen LogP contribution is -2.63. The summed E-state index contributed by atoms with van der Waals surface area (Å²) in [5.74, 6) is 0. The summed E-state index contributed by atoms with van der Waals surface area (Å²) in [5.41, 5.74) is 0.0221. The number of nitrogens with one attached hydrogen (secondary N) is 3. The molecule has 2 amide bonds. The molecule has 6 heteroatoms. The van der Waals surface area contributed by atoms with Crippen molar-refractivity contribution in [2.45, 2.75) is 104 Å². The van der Waals surface area contributed by atoms with Gasteiger partial charge in [0, 0.05) is 23.7 Å². The first-order valence-corrected chi connectivity index (χ1v) is 10.1. The monoisotopic (exact) mass is 378 g/mol. The molecule has 0 aromatic carbocycles. The minimum atomic E-state index is -0.103. The summed E-state index contributed by atoms with van der Waals surface area (Å²) in [7, 11) is 0. The average molecular weight is 379 g/mol. The molecule has 0 aromatic heterocycles. The van der Waals surface area contributed by atoms with Gasteiger partial charge in [-0.1, -0.05) is 20.8 Å². The fraction of sp³-hybridized carbons (Fsp3) is 0.905. The molecule has 2 aliphatic rings. The Labute approximate surface area is 164 Å². The second kappa shape index (κ2) is 7.56. The molecule has 1 heterocycles. The van der Waals surface area contributed by atoms with E-state index in [-0.39, 0.29) is 40.0 Å². The molecule has 1 aliphatic heterocycles. The van der Waals surface area contributed by atoms with E-state index < -0.39 is 0 Å². The van der Waals surface area contributed by atoms with Crippen molar-refractivity contribution in [3.63, 3.8) is 0 Å². The highest BCUT2D eigenvalue weighted by Gasteiger charge is 2.42. The number of nitrogens with zero attached hydrogens (tertiary/aromatic N) is 1. The summed E-state index contributed by atoms with van der Waals surface area (Å²) in [5, 5.41) is 9.89. The number of rotatable bonds is 4. The second-order valence-corrected chi connectivity index (χ2v) is 11.3. The zero-order chi connectivity index (χ0) is 20.5. The van der Waals surface area contributed by atoms with Gasteiger partial charge in [-0.2, -0.15) is 0 Å². The number of aliphatic imine (C=N–C) groups is 1. The summed E-state index contributed by atoms with van der Waals surface area (Å²) in [6.45, 7) is 15.9. The van der Waals surface area contributed by atoms with E-state index in [1.807, 2.05) is 0 Å². The number of amides is 2. The Hall–Kier alpha value is -1.39. The standard InChI is InChI=1S/C21H38N4O2/c1-18(2)8-15(23-14-26)11-21(7,12-18)13-22-17(27)24-16-9-19(3,4)25-20(5,6)10-16/h15-16,25H,8-13H2,1-7H3,(H2,22,24,27). The van der Waals surface area contributed by atoms with Crippen molar-refractivity contribution in [3.8, 4) is 0 Å². The van der Waals surface area contributed by atoms with E-state index in [1.165, 1.54) is 0 Å². The molecular weight excluding hydrogens is 340 g/mol. The third-order valence-electron chi connectivity index (χ3n) is 5.86. The van der Waals surface area contributed by atoms with Crippen LogP contribution in [0, 0.1) is 10.8 Å². The Kier molecular flexibility index (Phi) is 6.13. The maximum atomic E-state index is 12.6.